The van der Waals surface area contributed by atoms with E-state index in [1.807, 2.05) is 0 Å². The molecule has 0 radical (unpaired) electrons. The summed E-state index contributed by atoms with van der Waals surface area (Å²) < 4.78 is 48.0. The van der Waals surface area contributed by atoms with E-state index in [-0.39, 0.29) is 12.1 Å². The van der Waals surface area contributed by atoms with Crippen LogP contribution in [0, 0.1) is 5.82 Å². The highest BCUT2D eigenvalue weighted by Gasteiger charge is 2.28. The second-order valence-corrected chi connectivity index (χ2v) is 3.16. The second-order valence-electron chi connectivity index (χ2n) is 3.16. The molecule has 0 aliphatic carbocycles. The van der Waals surface area contributed by atoms with Crippen LogP contribution < -0.4 is 5.73 Å². The van der Waals surface area contributed by atoms with Crippen molar-refractivity contribution in [3.63, 3.8) is 0 Å². The number of nitrogens with zero attached hydrogens (tertiary/aromatic N) is 1. The second kappa shape index (κ2) is 4.57. The van der Waals surface area contributed by atoms with Gasteiger partial charge in [-0.3, -0.25) is 4.98 Å². The summed E-state index contributed by atoms with van der Waals surface area (Å²) in [4.78, 5) is 3.61. The maximum Gasteiger partial charge on any atom is 0.389 e. The van der Waals surface area contributed by atoms with Crippen LogP contribution in [0.4, 0.5) is 17.6 Å². The molecule has 1 atom stereocenters. The summed E-state index contributed by atoms with van der Waals surface area (Å²) in [6.07, 6.45) is -4.50. The zero-order valence-corrected chi connectivity index (χ0v) is 7.76. The van der Waals surface area contributed by atoms with Gasteiger partial charge in [0, 0.05) is 12.5 Å². The molecule has 1 rings (SSSR count). The van der Waals surface area contributed by atoms with Gasteiger partial charge in [-0.15, -0.1) is 0 Å². The molecule has 0 fully saturated rings. The van der Waals surface area contributed by atoms with Crippen LogP contribution in [0.25, 0.3) is 0 Å². The van der Waals surface area contributed by atoms with E-state index in [1.54, 1.807) is 0 Å². The van der Waals surface area contributed by atoms with Crippen LogP contribution in [-0.4, -0.2) is 11.2 Å². The smallest absolute Gasteiger partial charge is 0.323 e. The summed E-state index contributed by atoms with van der Waals surface area (Å²) in [5, 5.41) is 0. The van der Waals surface area contributed by atoms with Crippen molar-refractivity contribution in [2.75, 3.05) is 0 Å². The fourth-order valence-electron chi connectivity index (χ4n) is 1.07. The first-order valence-electron chi connectivity index (χ1n) is 4.32. The van der Waals surface area contributed by atoms with Crippen molar-refractivity contribution in [2.24, 2.45) is 5.73 Å². The lowest BCUT2D eigenvalue weighted by Crippen LogP contribution is -2.16. The van der Waals surface area contributed by atoms with Crippen molar-refractivity contribution in [2.45, 2.75) is 25.1 Å². The first-order chi connectivity index (χ1) is 6.88. The molecular weight excluding hydrogens is 212 g/mol. The Morgan fingerprint density at radius 1 is 1.33 bits per heavy atom. The zero-order valence-electron chi connectivity index (χ0n) is 7.76. The fourth-order valence-corrected chi connectivity index (χ4v) is 1.07. The van der Waals surface area contributed by atoms with Crippen molar-refractivity contribution in [3.8, 4) is 0 Å². The standard InChI is InChI=1S/C9H10F4N2/c10-6-1-2-8(15-5-6)7(14)3-4-9(11,12)13/h1-2,5,7H,3-4,14H2. The third kappa shape index (κ3) is 4.24. The molecule has 0 aromatic carbocycles. The summed E-state index contributed by atoms with van der Waals surface area (Å²) in [6.45, 7) is 0. The van der Waals surface area contributed by atoms with Crippen molar-refractivity contribution in [3.05, 3.63) is 29.8 Å². The Kier molecular flexibility index (Phi) is 3.62. The average Bonchev–Trinajstić information content (AvgIpc) is 2.14. The van der Waals surface area contributed by atoms with Gasteiger partial charge < -0.3 is 5.73 Å². The normalized spacial score (nSPS) is 13.9. The Bertz CT molecular complexity index is 307. The summed E-state index contributed by atoms with van der Waals surface area (Å²) >= 11 is 0. The summed E-state index contributed by atoms with van der Waals surface area (Å²) in [5.74, 6) is -0.540. The van der Waals surface area contributed by atoms with E-state index >= 15 is 0 Å². The van der Waals surface area contributed by atoms with Gasteiger partial charge in [0.1, 0.15) is 5.82 Å². The van der Waals surface area contributed by atoms with E-state index in [2.05, 4.69) is 4.98 Å². The molecule has 0 bridgehead atoms. The van der Waals surface area contributed by atoms with Crippen LogP contribution in [0.3, 0.4) is 0 Å². The van der Waals surface area contributed by atoms with Crippen molar-refractivity contribution >= 4 is 0 Å². The topological polar surface area (TPSA) is 38.9 Å². The van der Waals surface area contributed by atoms with Crippen LogP contribution >= 0.6 is 0 Å². The lowest BCUT2D eigenvalue weighted by atomic mass is 10.1. The number of hydrogen-bond donors (Lipinski definition) is 1. The third-order valence-electron chi connectivity index (χ3n) is 1.87. The van der Waals surface area contributed by atoms with Crippen LogP contribution in [0.15, 0.2) is 18.3 Å². The van der Waals surface area contributed by atoms with E-state index in [0.717, 1.165) is 12.3 Å². The van der Waals surface area contributed by atoms with Gasteiger partial charge in [0.05, 0.1) is 11.9 Å². The minimum atomic E-state index is -4.22. The lowest BCUT2D eigenvalue weighted by Gasteiger charge is -2.12. The molecule has 0 saturated carbocycles. The number of hydrogen-bond acceptors (Lipinski definition) is 2. The zero-order chi connectivity index (χ0) is 11.5. The van der Waals surface area contributed by atoms with Gasteiger partial charge in [-0.1, -0.05) is 0 Å². The quantitative estimate of drug-likeness (QED) is 0.798. The molecule has 1 aromatic heterocycles. The van der Waals surface area contributed by atoms with Crippen LogP contribution in [0.5, 0.6) is 0 Å². The Morgan fingerprint density at radius 3 is 2.47 bits per heavy atom. The lowest BCUT2D eigenvalue weighted by molar-refractivity contribution is -0.136. The molecule has 1 heterocycles. The minimum absolute atomic E-state index is 0.248. The van der Waals surface area contributed by atoms with E-state index in [0.29, 0.717) is 0 Å². The van der Waals surface area contributed by atoms with Gasteiger partial charge in [0.25, 0.3) is 0 Å². The van der Waals surface area contributed by atoms with Crippen LogP contribution in [-0.2, 0) is 0 Å². The molecular formula is C9H10F4N2. The van der Waals surface area contributed by atoms with Crippen molar-refractivity contribution in [1.82, 2.24) is 4.98 Å². The van der Waals surface area contributed by atoms with Gasteiger partial charge in [-0.25, -0.2) is 4.39 Å². The maximum absolute atomic E-state index is 12.4. The van der Waals surface area contributed by atoms with Crippen LogP contribution in [0.1, 0.15) is 24.6 Å². The number of pyridine rings is 1. The minimum Gasteiger partial charge on any atom is -0.323 e. The first kappa shape index (κ1) is 11.9. The van der Waals surface area contributed by atoms with Gasteiger partial charge in [0.15, 0.2) is 0 Å². The van der Waals surface area contributed by atoms with E-state index < -0.39 is 24.5 Å². The SMILES string of the molecule is NC(CCC(F)(F)F)c1ccc(F)cn1. The molecule has 6 heteroatoms. The molecule has 0 amide bonds. The Morgan fingerprint density at radius 2 is 2.00 bits per heavy atom. The molecule has 0 saturated heterocycles. The predicted molar refractivity (Wildman–Crippen MR) is 46.4 cm³/mol. The summed E-state index contributed by atoms with van der Waals surface area (Å²) in [7, 11) is 0. The average molecular weight is 222 g/mol. The molecule has 84 valence electrons. The van der Waals surface area contributed by atoms with Gasteiger partial charge >= 0.3 is 6.18 Å². The Hall–Kier alpha value is -1.17. The largest absolute Gasteiger partial charge is 0.389 e. The number of alkyl halides is 3. The monoisotopic (exact) mass is 222 g/mol. The van der Waals surface area contributed by atoms with E-state index in [9.17, 15) is 17.6 Å². The van der Waals surface area contributed by atoms with Gasteiger partial charge in [-0.05, 0) is 18.6 Å². The Balaban J connectivity index is 2.54. The maximum atomic E-state index is 12.4. The third-order valence-corrected chi connectivity index (χ3v) is 1.87. The number of rotatable bonds is 3. The first-order valence-corrected chi connectivity index (χ1v) is 4.32. The van der Waals surface area contributed by atoms with E-state index in [1.165, 1.54) is 6.07 Å². The molecule has 2 nitrogen and oxygen atoms in total. The molecule has 0 aliphatic rings. The highest BCUT2D eigenvalue weighted by Crippen LogP contribution is 2.25. The summed E-state index contributed by atoms with van der Waals surface area (Å²) in [6, 6.07) is 1.60. The molecule has 15 heavy (non-hydrogen) atoms. The molecule has 0 spiro atoms. The number of nitrogens with two attached hydrogens (primary N) is 1. The predicted octanol–water partition coefficient (Wildman–Crippen LogP) is 2.56. The van der Waals surface area contributed by atoms with Crippen LogP contribution in [0.2, 0.25) is 0 Å². The number of halogens is 4. The molecule has 0 aliphatic heterocycles. The van der Waals surface area contributed by atoms with Gasteiger partial charge in [-0.2, -0.15) is 13.2 Å². The van der Waals surface area contributed by atoms with Gasteiger partial charge in [0.2, 0.25) is 0 Å². The van der Waals surface area contributed by atoms with Crippen molar-refractivity contribution in [1.29, 1.82) is 0 Å². The molecule has 1 aromatic rings. The molecule has 2 N–H and O–H groups in total. The fraction of sp³-hybridized carbons (Fsp3) is 0.444. The highest BCUT2D eigenvalue weighted by atomic mass is 19.4. The molecule has 1 unspecified atom stereocenters. The Labute approximate surface area is 84.1 Å². The van der Waals surface area contributed by atoms with E-state index in [4.69, 9.17) is 5.73 Å². The highest BCUT2D eigenvalue weighted by molar-refractivity contribution is 5.09. The number of aromatic nitrogens is 1. The summed E-state index contributed by atoms with van der Waals surface area (Å²) in [5.41, 5.74) is 5.73. The van der Waals surface area contributed by atoms with Crippen molar-refractivity contribution < 1.29 is 17.6 Å².